The lowest BCUT2D eigenvalue weighted by Gasteiger charge is -2.26. The highest BCUT2D eigenvalue weighted by molar-refractivity contribution is 8.14. The molecule has 56 valence electrons. The molecule has 0 radical (unpaired) electrons. The molecular weight excluding hydrogens is 144 g/mol. The zero-order valence-electron chi connectivity index (χ0n) is 5.97. The molecule has 1 fully saturated rings. The first-order valence-electron chi connectivity index (χ1n) is 3.89. The summed E-state index contributed by atoms with van der Waals surface area (Å²) in [6, 6.07) is 0.754. The second-order valence-electron chi connectivity index (χ2n) is 2.81. The van der Waals surface area contributed by atoms with Crippen molar-refractivity contribution >= 4 is 16.9 Å². The third kappa shape index (κ3) is 1.29. The molecule has 0 bridgehead atoms. The number of amidine groups is 1. The van der Waals surface area contributed by atoms with Gasteiger partial charge in [-0.3, -0.25) is 4.99 Å². The van der Waals surface area contributed by atoms with E-state index in [4.69, 9.17) is 0 Å². The van der Waals surface area contributed by atoms with Crippen molar-refractivity contribution in [2.24, 2.45) is 4.99 Å². The summed E-state index contributed by atoms with van der Waals surface area (Å²) in [7, 11) is 0. The molecule has 0 unspecified atom stereocenters. The Morgan fingerprint density at radius 3 is 2.90 bits per heavy atom. The van der Waals surface area contributed by atoms with Crippen molar-refractivity contribution in [2.45, 2.75) is 25.3 Å². The number of nitrogens with zero attached hydrogens (tertiary/aromatic N) is 1. The molecule has 2 nitrogen and oxygen atoms in total. The van der Waals surface area contributed by atoms with Gasteiger partial charge in [0.2, 0.25) is 0 Å². The van der Waals surface area contributed by atoms with Crippen LogP contribution in [0.3, 0.4) is 0 Å². The van der Waals surface area contributed by atoms with Gasteiger partial charge in [0.1, 0.15) is 0 Å². The maximum Gasteiger partial charge on any atom is 0.156 e. The Morgan fingerprint density at radius 1 is 1.50 bits per heavy atom. The Bertz CT molecular complexity index is 152. The lowest BCUT2D eigenvalue weighted by molar-refractivity contribution is 0.385. The molecule has 0 aromatic carbocycles. The predicted octanol–water partition coefficient (Wildman–Crippen LogP) is 1.23. The first kappa shape index (κ1) is 6.53. The summed E-state index contributed by atoms with van der Waals surface area (Å²) < 4.78 is 0. The van der Waals surface area contributed by atoms with Crippen LogP contribution in [0.2, 0.25) is 0 Å². The fraction of sp³-hybridized carbons (Fsp3) is 0.857. The Hall–Kier alpha value is -0.180. The second-order valence-corrected chi connectivity index (χ2v) is 3.89. The van der Waals surface area contributed by atoms with Gasteiger partial charge in [-0.25, -0.2) is 0 Å². The van der Waals surface area contributed by atoms with E-state index in [-0.39, 0.29) is 0 Å². The Morgan fingerprint density at radius 2 is 2.40 bits per heavy atom. The molecule has 1 heterocycles. The van der Waals surface area contributed by atoms with Gasteiger partial charge in [0.25, 0.3) is 0 Å². The molecular formula is C7H12N2S. The lowest BCUT2D eigenvalue weighted by Crippen LogP contribution is -2.37. The molecule has 2 aliphatic rings. The molecule has 1 aliphatic heterocycles. The number of rotatable bonds is 1. The molecule has 0 spiro atoms. The second kappa shape index (κ2) is 2.82. The van der Waals surface area contributed by atoms with Crippen LogP contribution in [0.15, 0.2) is 4.99 Å². The third-order valence-corrected chi connectivity index (χ3v) is 2.93. The van der Waals surface area contributed by atoms with Gasteiger partial charge in [-0.2, -0.15) is 0 Å². The highest BCUT2D eigenvalue weighted by Gasteiger charge is 2.19. The average Bonchev–Trinajstić information content (AvgIpc) is 2.29. The minimum atomic E-state index is 0.754. The van der Waals surface area contributed by atoms with E-state index < -0.39 is 0 Å². The van der Waals surface area contributed by atoms with Gasteiger partial charge in [0.15, 0.2) is 5.17 Å². The van der Waals surface area contributed by atoms with E-state index in [0.717, 1.165) is 12.6 Å². The smallest absolute Gasteiger partial charge is 0.156 e. The van der Waals surface area contributed by atoms with E-state index in [1.807, 2.05) is 11.8 Å². The molecule has 10 heavy (non-hydrogen) atoms. The van der Waals surface area contributed by atoms with Crippen LogP contribution < -0.4 is 5.32 Å². The van der Waals surface area contributed by atoms with Gasteiger partial charge < -0.3 is 5.32 Å². The highest BCUT2D eigenvalue weighted by atomic mass is 32.2. The zero-order valence-corrected chi connectivity index (χ0v) is 6.78. The van der Waals surface area contributed by atoms with E-state index in [9.17, 15) is 0 Å². The predicted molar refractivity (Wildman–Crippen MR) is 45.5 cm³/mol. The number of hydrogen-bond acceptors (Lipinski definition) is 3. The highest BCUT2D eigenvalue weighted by Crippen LogP contribution is 2.20. The number of thioether (sulfide) groups is 1. The molecule has 3 heteroatoms. The SMILES string of the molecule is C1CC(NC2=NCCS2)C1. The maximum absolute atomic E-state index is 4.33. The Labute approximate surface area is 65.5 Å². The molecule has 0 aromatic heterocycles. The van der Waals surface area contributed by atoms with Crippen molar-refractivity contribution in [2.75, 3.05) is 12.3 Å². The van der Waals surface area contributed by atoms with Crippen LogP contribution in [0.4, 0.5) is 0 Å². The number of nitrogens with one attached hydrogen (secondary N) is 1. The molecule has 2 rings (SSSR count). The van der Waals surface area contributed by atoms with Crippen LogP contribution in [-0.4, -0.2) is 23.5 Å². The van der Waals surface area contributed by atoms with Crippen molar-refractivity contribution in [1.82, 2.24) is 5.32 Å². The molecule has 1 saturated carbocycles. The van der Waals surface area contributed by atoms with Crippen molar-refractivity contribution in [3.63, 3.8) is 0 Å². The summed E-state index contributed by atoms with van der Waals surface area (Å²) in [6.07, 6.45) is 4.09. The molecule has 0 aromatic rings. The van der Waals surface area contributed by atoms with Crippen molar-refractivity contribution < 1.29 is 0 Å². The van der Waals surface area contributed by atoms with Crippen molar-refractivity contribution in [3.8, 4) is 0 Å². The first-order valence-corrected chi connectivity index (χ1v) is 4.87. The van der Waals surface area contributed by atoms with Crippen LogP contribution >= 0.6 is 11.8 Å². The van der Waals surface area contributed by atoms with Gasteiger partial charge in [0, 0.05) is 11.8 Å². The molecule has 1 aliphatic carbocycles. The summed E-state index contributed by atoms with van der Waals surface area (Å²) in [4.78, 5) is 4.33. The minimum absolute atomic E-state index is 0.754. The topological polar surface area (TPSA) is 24.4 Å². The van der Waals surface area contributed by atoms with E-state index in [0.29, 0.717) is 0 Å². The molecule has 1 N–H and O–H groups in total. The average molecular weight is 156 g/mol. The lowest BCUT2D eigenvalue weighted by atomic mass is 9.94. The molecule has 0 saturated heterocycles. The summed E-state index contributed by atoms with van der Waals surface area (Å²) in [6.45, 7) is 1.01. The van der Waals surface area contributed by atoms with Crippen LogP contribution in [0.25, 0.3) is 0 Å². The fourth-order valence-electron chi connectivity index (χ4n) is 1.15. The standard InChI is InChI=1S/C7H12N2S/c1-2-6(3-1)9-7-8-4-5-10-7/h6H,1-5H2,(H,8,9). The van der Waals surface area contributed by atoms with Crippen LogP contribution in [-0.2, 0) is 0 Å². The van der Waals surface area contributed by atoms with Crippen LogP contribution in [0, 0.1) is 0 Å². The van der Waals surface area contributed by atoms with Gasteiger partial charge >= 0.3 is 0 Å². The number of hydrogen-bond donors (Lipinski definition) is 1. The minimum Gasteiger partial charge on any atom is -0.362 e. The van der Waals surface area contributed by atoms with Crippen LogP contribution in [0.5, 0.6) is 0 Å². The fourth-order valence-corrected chi connectivity index (χ4v) is 1.96. The summed E-state index contributed by atoms with van der Waals surface area (Å²) in [5.41, 5.74) is 0. The van der Waals surface area contributed by atoms with Crippen LogP contribution in [0.1, 0.15) is 19.3 Å². The van der Waals surface area contributed by atoms with E-state index in [1.54, 1.807) is 0 Å². The Balaban J connectivity index is 1.77. The zero-order chi connectivity index (χ0) is 6.81. The quantitative estimate of drug-likeness (QED) is 0.617. The number of aliphatic imine (C=N–C) groups is 1. The van der Waals surface area contributed by atoms with E-state index in [2.05, 4.69) is 10.3 Å². The van der Waals surface area contributed by atoms with Crippen molar-refractivity contribution in [1.29, 1.82) is 0 Å². The first-order chi connectivity index (χ1) is 4.95. The van der Waals surface area contributed by atoms with Gasteiger partial charge in [-0.15, -0.1) is 0 Å². The van der Waals surface area contributed by atoms with Gasteiger partial charge in [0.05, 0.1) is 6.54 Å². The normalized spacial score (nSPS) is 25.8. The monoisotopic (exact) mass is 156 g/mol. The molecule has 0 amide bonds. The summed E-state index contributed by atoms with van der Waals surface area (Å²) in [5, 5.41) is 4.61. The third-order valence-electron chi connectivity index (χ3n) is 2.02. The maximum atomic E-state index is 4.33. The molecule has 0 atom stereocenters. The van der Waals surface area contributed by atoms with Crippen molar-refractivity contribution in [3.05, 3.63) is 0 Å². The Kier molecular flexibility index (Phi) is 1.84. The van der Waals surface area contributed by atoms with E-state index >= 15 is 0 Å². The summed E-state index contributed by atoms with van der Waals surface area (Å²) >= 11 is 1.86. The largest absolute Gasteiger partial charge is 0.362 e. The summed E-state index contributed by atoms with van der Waals surface area (Å²) in [5.74, 6) is 1.18. The van der Waals surface area contributed by atoms with Gasteiger partial charge in [-0.1, -0.05) is 11.8 Å². The van der Waals surface area contributed by atoms with Gasteiger partial charge in [-0.05, 0) is 19.3 Å². The van der Waals surface area contributed by atoms with E-state index in [1.165, 1.54) is 30.2 Å².